The molecule has 0 amide bonds. The Labute approximate surface area is 327 Å². The highest BCUT2D eigenvalue weighted by atomic mass is 16.3. The molecule has 0 saturated carbocycles. The summed E-state index contributed by atoms with van der Waals surface area (Å²) in [7, 11) is 0. The predicted octanol–water partition coefficient (Wildman–Crippen LogP) is 14.2. The van der Waals surface area contributed by atoms with Gasteiger partial charge in [-0.1, -0.05) is 146 Å². The molecular formula is C53H31N3O. The maximum atomic E-state index is 6.91. The van der Waals surface area contributed by atoms with Crippen LogP contribution in [0.4, 0.5) is 0 Å². The van der Waals surface area contributed by atoms with Gasteiger partial charge in [0.2, 0.25) is 0 Å². The van der Waals surface area contributed by atoms with Gasteiger partial charge >= 0.3 is 0 Å². The fourth-order valence-electron chi connectivity index (χ4n) is 8.66. The molecule has 0 bridgehead atoms. The monoisotopic (exact) mass is 725 g/mol. The largest absolute Gasteiger partial charge is 0.455 e. The van der Waals surface area contributed by atoms with Crippen LogP contribution in [0.15, 0.2) is 192 Å². The van der Waals surface area contributed by atoms with Gasteiger partial charge in [0.25, 0.3) is 0 Å². The van der Waals surface area contributed by atoms with Gasteiger partial charge in [0.1, 0.15) is 11.2 Å². The molecule has 2 aromatic heterocycles. The summed E-state index contributed by atoms with van der Waals surface area (Å²) in [5, 5.41) is 13.9. The number of benzene rings is 10. The molecule has 57 heavy (non-hydrogen) atoms. The minimum atomic E-state index is 0.606. The van der Waals surface area contributed by atoms with E-state index in [0.717, 1.165) is 71.3 Å². The van der Waals surface area contributed by atoms with E-state index in [-0.39, 0.29) is 0 Å². The molecule has 264 valence electrons. The highest BCUT2D eigenvalue weighted by molar-refractivity contribution is 6.23. The lowest BCUT2D eigenvalue weighted by molar-refractivity contribution is 0.670. The Morgan fingerprint density at radius 1 is 0.298 bits per heavy atom. The lowest BCUT2D eigenvalue weighted by atomic mass is 9.89. The van der Waals surface area contributed by atoms with E-state index in [2.05, 4.69) is 188 Å². The normalized spacial score (nSPS) is 11.9. The molecule has 4 nitrogen and oxygen atoms in total. The van der Waals surface area contributed by atoms with Crippen molar-refractivity contribution in [1.82, 2.24) is 15.0 Å². The molecular weight excluding hydrogens is 695 g/mol. The van der Waals surface area contributed by atoms with E-state index in [9.17, 15) is 0 Å². The van der Waals surface area contributed by atoms with Crippen LogP contribution < -0.4 is 0 Å². The molecule has 2 heterocycles. The van der Waals surface area contributed by atoms with Crippen molar-refractivity contribution in [2.24, 2.45) is 0 Å². The van der Waals surface area contributed by atoms with E-state index in [4.69, 9.17) is 19.4 Å². The Bertz CT molecular complexity index is 3500. The quantitative estimate of drug-likeness (QED) is 0.170. The van der Waals surface area contributed by atoms with E-state index in [0.29, 0.717) is 17.5 Å². The topological polar surface area (TPSA) is 51.8 Å². The summed E-state index contributed by atoms with van der Waals surface area (Å²) >= 11 is 0. The van der Waals surface area contributed by atoms with Crippen LogP contribution in [0, 0.1) is 0 Å². The first kappa shape index (κ1) is 31.6. The van der Waals surface area contributed by atoms with Crippen molar-refractivity contribution >= 4 is 75.8 Å². The van der Waals surface area contributed by atoms with Crippen LogP contribution in [0.1, 0.15) is 0 Å². The van der Waals surface area contributed by atoms with Gasteiger partial charge in [0.05, 0.1) is 0 Å². The van der Waals surface area contributed by atoms with Crippen molar-refractivity contribution in [3.8, 4) is 45.3 Å². The second kappa shape index (κ2) is 12.4. The highest BCUT2D eigenvalue weighted by Gasteiger charge is 2.21. The summed E-state index contributed by atoms with van der Waals surface area (Å²) in [6, 6.07) is 66.4. The van der Waals surface area contributed by atoms with Crippen LogP contribution in [0.25, 0.3) is 121 Å². The summed E-state index contributed by atoms with van der Waals surface area (Å²) < 4.78 is 6.91. The smallest absolute Gasteiger partial charge is 0.164 e. The van der Waals surface area contributed by atoms with Gasteiger partial charge < -0.3 is 4.42 Å². The van der Waals surface area contributed by atoms with Gasteiger partial charge in [-0.2, -0.15) is 0 Å². The van der Waals surface area contributed by atoms with E-state index in [1.54, 1.807) is 0 Å². The zero-order valence-electron chi connectivity index (χ0n) is 30.6. The zero-order chi connectivity index (χ0) is 37.5. The molecule has 0 atom stereocenters. The third kappa shape index (κ3) is 5.12. The number of furan rings is 1. The molecule has 12 rings (SSSR count). The Morgan fingerprint density at radius 2 is 0.772 bits per heavy atom. The summed E-state index contributed by atoms with van der Waals surface area (Å²) in [6.45, 7) is 0. The second-order valence-electron chi connectivity index (χ2n) is 14.8. The Hall–Kier alpha value is -7.69. The Kier molecular flexibility index (Phi) is 6.89. The number of hydrogen-bond acceptors (Lipinski definition) is 4. The van der Waals surface area contributed by atoms with E-state index >= 15 is 0 Å². The molecule has 4 heteroatoms. The lowest BCUT2D eigenvalue weighted by Crippen LogP contribution is -2.00. The first-order chi connectivity index (χ1) is 28.2. The number of hydrogen-bond donors (Lipinski definition) is 0. The van der Waals surface area contributed by atoms with Gasteiger partial charge in [0.15, 0.2) is 17.5 Å². The summed E-state index contributed by atoms with van der Waals surface area (Å²) in [6.07, 6.45) is 0. The van der Waals surface area contributed by atoms with Crippen LogP contribution >= 0.6 is 0 Å². The molecule has 0 saturated heterocycles. The van der Waals surface area contributed by atoms with Crippen molar-refractivity contribution in [1.29, 1.82) is 0 Å². The number of nitrogens with zero attached hydrogens (tertiary/aromatic N) is 3. The first-order valence-corrected chi connectivity index (χ1v) is 19.3. The summed E-state index contributed by atoms with van der Waals surface area (Å²) in [4.78, 5) is 15.4. The fourth-order valence-corrected chi connectivity index (χ4v) is 8.66. The molecule has 0 fully saturated rings. The van der Waals surface area contributed by atoms with Gasteiger partial charge in [-0.25, -0.2) is 15.0 Å². The van der Waals surface area contributed by atoms with E-state index in [1.165, 1.54) is 32.3 Å². The molecule has 0 aliphatic carbocycles. The Balaban J connectivity index is 1.10. The number of rotatable bonds is 4. The third-order valence-electron chi connectivity index (χ3n) is 11.4. The molecule has 0 spiro atoms. The molecule has 10 aromatic carbocycles. The van der Waals surface area contributed by atoms with E-state index in [1.807, 2.05) is 0 Å². The standard InChI is InChI=1S/C53H31N3O/c1-3-13-34-27-38(23-21-32(34)11-1)51-54-52(39-24-22-33-12-2-4-14-35(33)28-39)56-53(55-51)40-25-26-48-45(31-40)47-30-37-16-6-8-18-42(37)49(50(47)57-48)46-29-36-15-5-7-17-41(36)43-19-9-10-20-44(43)46/h1-31H. The molecule has 0 radical (unpaired) electrons. The number of aromatic nitrogens is 3. The van der Waals surface area contributed by atoms with Gasteiger partial charge in [0, 0.05) is 33.0 Å². The maximum absolute atomic E-state index is 6.91. The van der Waals surface area contributed by atoms with Crippen molar-refractivity contribution in [3.05, 3.63) is 188 Å². The van der Waals surface area contributed by atoms with Gasteiger partial charge in [-0.3, -0.25) is 0 Å². The second-order valence-corrected chi connectivity index (χ2v) is 14.8. The Morgan fingerprint density at radius 3 is 1.40 bits per heavy atom. The average Bonchev–Trinajstić information content (AvgIpc) is 3.64. The van der Waals surface area contributed by atoms with Crippen LogP contribution in [-0.2, 0) is 0 Å². The first-order valence-electron chi connectivity index (χ1n) is 19.3. The third-order valence-corrected chi connectivity index (χ3v) is 11.4. The van der Waals surface area contributed by atoms with Crippen LogP contribution in [-0.4, -0.2) is 15.0 Å². The predicted molar refractivity (Wildman–Crippen MR) is 236 cm³/mol. The minimum Gasteiger partial charge on any atom is -0.455 e. The average molecular weight is 726 g/mol. The zero-order valence-corrected chi connectivity index (χ0v) is 30.6. The molecule has 0 aliphatic heterocycles. The van der Waals surface area contributed by atoms with Gasteiger partial charge in [-0.15, -0.1) is 0 Å². The van der Waals surface area contributed by atoms with E-state index < -0.39 is 0 Å². The highest BCUT2D eigenvalue weighted by Crippen LogP contribution is 2.45. The van der Waals surface area contributed by atoms with Crippen molar-refractivity contribution in [2.45, 2.75) is 0 Å². The van der Waals surface area contributed by atoms with Gasteiger partial charge in [-0.05, 0) is 102 Å². The van der Waals surface area contributed by atoms with Crippen LogP contribution in [0.2, 0.25) is 0 Å². The summed E-state index contributed by atoms with van der Waals surface area (Å²) in [5.74, 6) is 1.86. The number of fused-ring (bicyclic) bond motifs is 9. The molecule has 12 aromatic rings. The maximum Gasteiger partial charge on any atom is 0.164 e. The molecule has 0 unspecified atom stereocenters. The summed E-state index contributed by atoms with van der Waals surface area (Å²) in [5.41, 5.74) is 6.70. The SMILES string of the molecule is c1ccc2cc(-c3nc(-c4ccc5ccccc5c4)nc(-c4ccc5oc6c(-c7cc8ccccc8c8ccccc78)c7ccccc7cc6c5c4)n3)ccc2c1. The molecule has 0 aliphatic rings. The van der Waals surface area contributed by atoms with Crippen molar-refractivity contribution in [2.75, 3.05) is 0 Å². The van der Waals surface area contributed by atoms with Crippen LogP contribution in [0.5, 0.6) is 0 Å². The van der Waals surface area contributed by atoms with Crippen molar-refractivity contribution < 1.29 is 4.42 Å². The van der Waals surface area contributed by atoms with Crippen LogP contribution in [0.3, 0.4) is 0 Å². The minimum absolute atomic E-state index is 0.606. The molecule has 0 N–H and O–H groups in total. The fraction of sp³-hybridized carbons (Fsp3) is 0. The lowest BCUT2D eigenvalue weighted by Gasteiger charge is -2.14. The van der Waals surface area contributed by atoms with Crippen molar-refractivity contribution in [3.63, 3.8) is 0 Å².